The van der Waals surface area contributed by atoms with E-state index in [1.165, 1.54) is 31.5 Å². The molecule has 6 nitrogen and oxygen atoms in total. The van der Waals surface area contributed by atoms with Crippen molar-refractivity contribution in [3.05, 3.63) is 42.0 Å². The fraction of sp³-hybridized carbons (Fsp3) is 0.478. The Hall–Kier alpha value is -2.83. The number of halogens is 1. The Balaban J connectivity index is 1.72. The molecule has 1 aliphatic rings. The monoisotopic (exact) mass is 416 g/mol. The smallest absolute Gasteiger partial charge is 0.278 e. The number of anilines is 1. The van der Waals surface area contributed by atoms with E-state index in [9.17, 15) is 14.3 Å². The van der Waals surface area contributed by atoms with Crippen LogP contribution in [0.4, 0.5) is 10.1 Å². The lowest BCUT2D eigenvalue weighted by Crippen LogP contribution is -2.39. The summed E-state index contributed by atoms with van der Waals surface area (Å²) in [5.74, 6) is -1.24. The number of methoxy groups -OCH3 is 1. The number of rotatable bonds is 5. The van der Waals surface area contributed by atoms with Crippen molar-refractivity contribution >= 4 is 11.6 Å². The average molecular weight is 416 g/mol. The molecule has 0 unspecified atom stereocenters. The summed E-state index contributed by atoms with van der Waals surface area (Å²) in [6, 6.07) is 5.76. The van der Waals surface area contributed by atoms with Crippen LogP contribution in [0.1, 0.15) is 57.4 Å². The van der Waals surface area contributed by atoms with Gasteiger partial charge in [0.05, 0.1) is 18.9 Å². The number of aromatic hydroxyl groups is 1. The number of aromatic nitrogens is 1. The van der Waals surface area contributed by atoms with Crippen LogP contribution in [0.3, 0.4) is 0 Å². The first-order valence-corrected chi connectivity index (χ1v) is 9.99. The summed E-state index contributed by atoms with van der Waals surface area (Å²) < 4.78 is 25.7. The van der Waals surface area contributed by atoms with Crippen molar-refractivity contribution in [1.82, 2.24) is 4.98 Å². The number of ether oxygens (including phenoxy) is 2. The van der Waals surface area contributed by atoms with Gasteiger partial charge >= 0.3 is 0 Å². The SMILES string of the molecule is COc1ccnc(C(=O)Nc2ccc(OC3CC(C)(C)CC(C)(C)C3)cc2F)c1O. The fourth-order valence-corrected chi connectivity index (χ4v) is 4.64. The number of pyridine rings is 1. The predicted molar refractivity (Wildman–Crippen MR) is 113 cm³/mol. The second-order valence-electron chi connectivity index (χ2n) is 9.46. The summed E-state index contributed by atoms with van der Waals surface area (Å²) in [4.78, 5) is 16.3. The topological polar surface area (TPSA) is 80.7 Å². The highest BCUT2D eigenvalue weighted by molar-refractivity contribution is 6.05. The van der Waals surface area contributed by atoms with Crippen molar-refractivity contribution in [2.24, 2.45) is 10.8 Å². The van der Waals surface area contributed by atoms with Crippen molar-refractivity contribution in [3.8, 4) is 17.2 Å². The first-order chi connectivity index (χ1) is 14.0. The highest BCUT2D eigenvalue weighted by Gasteiger charge is 2.39. The zero-order valence-electron chi connectivity index (χ0n) is 18.1. The summed E-state index contributed by atoms with van der Waals surface area (Å²) in [5.41, 5.74) is 0.0383. The largest absolute Gasteiger partial charge is 0.503 e. The van der Waals surface area contributed by atoms with Gasteiger partial charge in [-0.3, -0.25) is 4.79 Å². The van der Waals surface area contributed by atoms with Crippen LogP contribution in [0.2, 0.25) is 0 Å². The van der Waals surface area contributed by atoms with Gasteiger partial charge in [0.2, 0.25) is 0 Å². The molecule has 0 aliphatic heterocycles. The highest BCUT2D eigenvalue weighted by Crippen LogP contribution is 2.46. The summed E-state index contributed by atoms with van der Waals surface area (Å²) in [5, 5.41) is 12.5. The van der Waals surface area contributed by atoms with Crippen molar-refractivity contribution in [2.45, 2.75) is 53.1 Å². The number of hydrogen-bond acceptors (Lipinski definition) is 5. The number of nitrogens with one attached hydrogen (secondary N) is 1. The molecular weight excluding hydrogens is 387 g/mol. The van der Waals surface area contributed by atoms with Gasteiger partial charge in [-0.1, -0.05) is 27.7 Å². The normalized spacial score (nSPS) is 17.9. The molecule has 1 aliphatic carbocycles. The van der Waals surface area contributed by atoms with E-state index in [1.807, 2.05) is 0 Å². The molecule has 1 saturated carbocycles. The van der Waals surface area contributed by atoms with E-state index in [4.69, 9.17) is 9.47 Å². The number of amides is 1. The number of carbonyl (C=O) groups is 1. The minimum atomic E-state index is -0.741. The van der Waals surface area contributed by atoms with Gasteiger partial charge in [-0.15, -0.1) is 0 Å². The standard InChI is InChI=1S/C23H29FN2O4/c1-22(2)11-15(12-23(3,4)13-22)30-14-6-7-17(16(24)10-14)26-21(28)19-20(27)18(29-5)8-9-25-19/h6-10,15,27H,11-13H2,1-5H3,(H,26,28). The van der Waals surface area contributed by atoms with Crippen LogP contribution < -0.4 is 14.8 Å². The lowest BCUT2D eigenvalue weighted by atomic mass is 9.64. The van der Waals surface area contributed by atoms with E-state index in [1.54, 1.807) is 6.07 Å². The van der Waals surface area contributed by atoms with Gasteiger partial charge < -0.3 is 19.9 Å². The second kappa shape index (κ2) is 8.13. The number of nitrogens with zero attached hydrogens (tertiary/aromatic N) is 1. The molecule has 0 spiro atoms. The summed E-state index contributed by atoms with van der Waals surface area (Å²) in [7, 11) is 1.36. The molecule has 7 heteroatoms. The molecule has 0 saturated heterocycles. The Morgan fingerprint density at radius 2 is 1.87 bits per heavy atom. The molecule has 30 heavy (non-hydrogen) atoms. The Kier molecular flexibility index (Phi) is 5.92. The highest BCUT2D eigenvalue weighted by atomic mass is 19.1. The third-order valence-electron chi connectivity index (χ3n) is 5.33. The Morgan fingerprint density at radius 1 is 1.20 bits per heavy atom. The molecule has 2 aromatic rings. The van der Waals surface area contributed by atoms with E-state index in [0.717, 1.165) is 19.3 Å². The van der Waals surface area contributed by atoms with Crippen molar-refractivity contribution in [2.75, 3.05) is 12.4 Å². The second-order valence-corrected chi connectivity index (χ2v) is 9.46. The van der Waals surface area contributed by atoms with E-state index >= 15 is 0 Å². The van der Waals surface area contributed by atoms with Crippen molar-refractivity contribution in [1.29, 1.82) is 0 Å². The van der Waals surface area contributed by atoms with Gasteiger partial charge in [0.1, 0.15) is 11.6 Å². The summed E-state index contributed by atoms with van der Waals surface area (Å²) in [6.45, 7) is 8.91. The molecule has 1 heterocycles. The molecule has 1 fully saturated rings. The van der Waals surface area contributed by atoms with E-state index in [0.29, 0.717) is 5.75 Å². The summed E-state index contributed by atoms with van der Waals surface area (Å²) in [6.07, 6.45) is 4.24. The zero-order valence-corrected chi connectivity index (χ0v) is 18.1. The van der Waals surface area contributed by atoms with Crippen molar-refractivity contribution < 1.29 is 23.8 Å². The molecule has 162 valence electrons. The molecule has 0 radical (unpaired) electrons. The number of carbonyl (C=O) groups excluding carboxylic acids is 1. The van der Waals surface area contributed by atoms with Crippen LogP contribution in [-0.2, 0) is 0 Å². The number of hydrogen-bond donors (Lipinski definition) is 2. The molecule has 1 aromatic carbocycles. The van der Waals surface area contributed by atoms with Gasteiger partial charge in [0.25, 0.3) is 5.91 Å². The van der Waals surface area contributed by atoms with Crippen LogP contribution >= 0.6 is 0 Å². The lowest BCUT2D eigenvalue weighted by molar-refractivity contribution is 0.0132. The molecule has 3 rings (SSSR count). The molecule has 2 N–H and O–H groups in total. The van der Waals surface area contributed by atoms with Gasteiger partial charge in [-0.2, -0.15) is 0 Å². The Labute approximate surface area is 176 Å². The third kappa shape index (κ3) is 5.01. The van der Waals surface area contributed by atoms with Gasteiger partial charge in [-0.25, -0.2) is 9.37 Å². The van der Waals surface area contributed by atoms with Gasteiger partial charge in [0.15, 0.2) is 17.2 Å². The van der Waals surface area contributed by atoms with Gasteiger partial charge in [-0.05, 0) is 42.2 Å². The van der Waals surface area contributed by atoms with Crippen LogP contribution in [0.5, 0.6) is 17.2 Å². The fourth-order valence-electron chi connectivity index (χ4n) is 4.64. The van der Waals surface area contributed by atoms with Gasteiger partial charge in [0, 0.05) is 18.3 Å². The number of benzene rings is 1. The predicted octanol–water partition coefficient (Wildman–Crippen LogP) is 5.17. The maximum absolute atomic E-state index is 14.6. The maximum atomic E-state index is 14.6. The van der Waals surface area contributed by atoms with Crippen LogP contribution in [0.15, 0.2) is 30.5 Å². The molecular formula is C23H29FN2O4. The molecule has 1 amide bonds. The van der Waals surface area contributed by atoms with Crippen LogP contribution in [0.25, 0.3) is 0 Å². The van der Waals surface area contributed by atoms with Crippen LogP contribution in [0, 0.1) is 16.6 Å². The van der Waals surface area contributed by atoms with Crippen LogP contribution in [-0.4, -0.2) is 29.2 Å². The average Bonchev–Trinajstić information content (AvgIpc) is 2.61. The molecule has 0 bridgehead atoms. The minimum absolute atomic E-state index is 0.00141. The third-order valence-corrected chi connectivity index (χ3v) is 5.33. The Morgan fingerprint density at radius 3 is 2.47 bits per heavy atom. The molecule has 1 aromatic heterocycles. The van der Waals surface area contributed by atoms with E-state index < -0.39 is 17.5 Å². The molecule has 0 atom stereocenters. The first-order valence-electron chi connectivity index (χ1n) is 9.99. The first kappa shape index (κ1) is 21.9. The maximum Gasteiger partial charge on any atom is 0.278 e. The lowest BCUT2D eigenvalue weighted by Gasteiger charge is -2.44. The summed E-state index contributed by atoms with van der Waals surface area (Å²) >= 11 is 0. The van der Waals surface area contributed by atoms with E-state index in [2.05, 4.69) is 38.0 Å². The quantitative estimate of drug-likeness (QED) is 0.703. The van der Waals surface area contributed by atoms with E-state index in [-0.39, 0.29) is 34.1 Å². The zero-order chi connectivity index (χ0) is 22.1. The van der Waals surface area contributed by atoms with Crippen molar-refractivity contribution in [3.63, 3.8) is 0 Å². The Bertz CT molecular complexity index is 927. The minimum Gasteiger partial charge on any atom is -0.503 e.